The summed E-state index contributed by atoms with van der Waals surface area (Å²) in [6.45, 7) is 9.26. The Hall–Kier alpha value is -0.710. The number of nitrogens with one attached hydrogen (secondary N) is 1. The molecule has 5 heteroatoms. The maximum Gasteiger partial charge on any atom is 0.313 e. The van der Waals surface area contributed by atoms with Crippen molar-refractivity contribution in [3.8, 4) is 0 Å². The van der Waals surface area contributed by atoms with Gasteiger partial charge in [-0.05, 0) is 17.8 Å². The van der Waals surface area contributed by atoms with Crippen LogP contribution < -0.4 is 5.32 Å². The van der Waals surface area contributed by atoms with Crippen molar-refractivity contribution in [3.63, 3.8) is 0 Å². The Bertz CT molecular complexity index is 246. The highest BCUT2D eigenvalue weighted by Gasteiger charge is 2.18. The highest BCUT2D eigenvalue weighted by molar-refractivity contribution is 8.00. The third-order valence-corrected chi connectivity index (χ3v) is 3.62. The van der Waals surface area contributed by atoms with Crippen LogP contribution in [0.2, 0.25) is 0 Å². The molecule has 4 nitrogen and oxygen atoms in total. The predicted octanol–water partition coefficient (Wildman–Crippen LogP) is 1.85. The van der Waals surface area contributed by atoms with Crippen molar-refractivity contribution in [2.75, 3.05) is 18.1 Å². The smallest absolute Gasteiger partial charge is 0.313 e. The van der Waals surface area contributed by atoms with Crippen LogP contribution in [0.5, 0.6) is 0 Å². The van der Waals surface area contributed by atoms with Crippen LogP contribution >= 0.6 is 11.8 Å². The van der Waals surface area contributed by atoms with Gasteiger partial charge in [-0.15, -0.1) is 11.8 Å². The van der Waals surface area contributed by atoms with E-state index in [1.54, 1.807) is 0 Å². The van der Waals surface area contributed by atoms with Crippen molar-refractivity contribution in [2.45, 2.75) is 27.7 Å². The number of aliphatic carboxylic acids is 1. The number of carboxylic acid groups (broad SMARTS) is 1. The molecule has 0 atom stereocenters. The number of carboxylic acids is 1. The largest absolute Gasteiger partial charge is 0.481 e. The monoisotopic (exact) mass is 261 g/mol. The van der Waals surface area contributed by atoms with Gasteiger partial charge in [0.2, 0.25) is 5.91 Å². The second-order valence-electron chi connectivity index (χ2n) is 4.84. The molecule has 0 bridgehead atoms. The minimum atomic E-state index is -0.884. The van der Waals surface area contributed by atoms with Gasteiger partial charge in [-0.1, -0.05) is 27.7 Å². The standard InChI is InChI=1S/C12H23NO3S/c1-8(2)10(9(3)4)5-13-11(14)6-17-7-12(15)16/h8-10H,5-7H2,1-4H3,(H,13,14)(H,15,16). The predicted molar refractivity (Wildman–Crippen MR) is 71.1 cm³/mol. The van der Waals surface area contributed by atoms with E-state index in [-0.39, 0.29) is 17.4 Å². The lowest BCUT2D eigenvalue weighted by atomic mass is 9.85. The van der Waals surface area contributed by atoms with Crippen molar-refractivity contribution < 1.29 is 14.7 Å². The molecule has 0 saturated carbocycles. The van der Waals surface area contributed by atoms with Gasteiger partial charge < -0.3 is 10.4 Å². The lowest BCUT2D eigenvalue weighted by molar-refractivity contribution is -0.133. The first kappa shape index (κ1) is 16.3. The molecule has 0 fully saturated rings. The van der Waals surface area contributed by atoms with Crippen LogP contribution in [0.3, 0.4) is 0 Å². The van der Waals surface area contributed by atoms with E-state index in [0.717, 1.165) is 11.8 Å². The molecule has 0 saturated heterocycles. The summed E-state index contributed by atoms with van der Waals surface area (Å²) in [4.78, 5) is 21.7. The van der Waals surface area contributed by atoms with Crippen LogP contribution in [0.15, 0.2) is 0 Å². The van der Waals surface area contributed by atoms with Crippen LogP contribution in [-0.4, -0.2) is 35.0 Å². The molecule has 0 spiro atoms. The van der Waals surface area contributed by atoms with E-state index in [1.807, 2.05) is 0 Å². The molecule has 0 rings (SSSR count). The molecule has 2 N–H and O–H groups in total. The van der Waals surface area contributed by atoms with Gasteiger partial charge in [-0.25, -0.2) is 0 Å². The van der Waals surface area contributed by atoms with Gasteiger partial charge in [0.1, 0.15) is 0 Å². The van der Waals surface area contributed by atoms with E-state index in [4.69, 9.17) is 5.11 Å². The molecule has 17 heavy (non-hydrogen) atoms. The van der Waals surface area contributed by atoms with Gasteiger partial charge in [0.05, 0.1) is 11.5 Å². The number of carbonyl (C=O) groups is 2. The first-order valence-electron chi connectivity index (χ1n) is 5.90. The molecule has 0 aromatic rings. The van der Waals surface area contributed by atoms with Gasteiger partial charge in [-0.3, -0.25) is 9.59 Å². The number of hydrogen-bond acceptors (Lipinski definition) is 3. The maximum absolute atomic E-state index is 11.4. The normalized spacial score (nSPS) is 11.2. The molecule has 0 aromatic carbocycles. The number of amides is 1. The Kier molecular flexibility index (Phi) is 8.04. The quantitative estimate of drug-likeness (QED) is 0.700. The van der Waals surface area contributed by atoms with Gasteiger partial charge in [-0.2, -0.15) is 0 Å². The van der Waals surface area contributed by atoms with Crippen LogP contribution in [0, 0.1) is 17.8 Å². The van der Waals surface area contributed by atoms with Crippen LogP contribution in [0.25, 0.3) is 0 Å². The molecule has 0 aliphatic carbocycles. The summed E-state index contributed by atoms with van der Waals surface area (Å²) < 4.78 is 0. The van der Waals surface area contributed by atoms with Crippen LogP contribution in [0.1, 0.15) is 27.7 Å². The summed E-state index contributed by atoms with van der Waals surface area (Å²) >= 11 is 1.13. The first-order valence-corrected chi connectivity index (χ1v) is 7.06. The Labute approximate surface area is 108 Å². The molecule has 0 heterocycles. The van der Waals surface area contributed by atoms with Gasteiger partial charge in [0.15, 0.2) is 0 Å². The third-order valence-electron chi connectivity index (χ3n) is 2.71. The van der Waals surface area contributed by atoms with Crippen molar-refractivity contribution in [3.05, 3.63) is 0 Å². The first-order chi connectivity index (χ1) is 7.84. The van der Waals surface area contributed by atoms with Crippen molar-refractivity contribution in [1.82, 2.24) is 5.32 Å². The summed E-state index contributed by atoms with van der Waals surface area (Å²) in [5.74, 6) is 0.750. The van der Waals surface area contributed by atoms with E-state index < -0.39 is 5.97 Å². The fourth-order valence-corrected chi connectivity index (χ4v) is 2.32. The van der Waals surface area contributed by atoms with E-state index in [2.05, 4.69) is 33.0 Å². The average molecular weight is 261 g/mol. The number of thioether (sulfide) groups is 1. The molecule has 1 amide bonds. The molecular formula is C12H23NO3S. The number of hydrogen-bond donors (Lipinski definition) is 2. The van der Waals surface area contributed by atoms with Gasteiger partial charge >= 0.3 is 5.97 Å². The molecule has 100 valence electrons. The summed E-state index contributed by atoms with van der Waals surface area (Å²) in [7, 11) is 0. The van der Waals surface area contributed by atoms with Crippen LogP contribution in [-0.2, 0) is 9.59 Å². The molecule has 0 aliphatic heterocycles. The maximum atomic E-state index is 11.4. The Morgan fingerprint density at radius 3 is 2.06 bits per heavy atom. The minimum Gasteiger partial charge on any atom is -0.481 e. The lowest BCUT2D eigenvalue weighted by Gasteiger charge is -2.24. The van der Waals surface area contributed by atoms with Crippen molar-refractivity contribution in [2.24, 2.45) is 17.8 Å². The second-order valence-corrected chi connectivity index (χ2v) is 5.83. The van der Waals surface area contributed by atoms with Crippen molar-refractivity contribution >= 4 is 23.6 Å². The number of rotatable bonds is 8. The van der Waals surface area contributed by atoms with Gasteiger partial charge in [0.25, 0.3) is 0 Å². The van der Waals surface area contributed by atoms with Crippen molar-refractivity contribution in [1.29, 1.82) is 0 Å². The zero-order chi connectivity index (χ0) is 13.4. The zero-order valence-corrected chi connectivity index (χ0v) is 11.8. The topological polar surface area (TPSA) is 66.4 Å². The fourth-order valence-electron chi connectivity index (χ4n) is 1.75. The summed E-state index contributed by atoms with van der Waals surface area (Å²) in [5.41, 5.74) is 0. The molecule has 0 aliphatic rings. The summed E-state index contributed by atoms with van der Waals surface area (Å²) in [6, 6.07) is 0. The van der Waals surface area contributed by atoms with E-state index in [0.29, 0.717) is 24.3 Å². The zero-order valence-electron chi connectivity index (χ0n) is 11.0. The number of carbonyl (C=O) groups excluding carboxylic acids is 1. The molecule has 0 unspecified atom stereocenters. The highest BCUT2D eigenvalue weighted by Crippen LogP contribution is 2.19. The fraction of sp³-hybridized carbons (Fsp3) is 0.833. The summed E-state index contributed by atoms with van der Waals surface area (Å²) in [5, 5.41) is 11.3. The van der Waals surface area contributed by atoms with Gasteiger partial charge in [0, 0.05) is 6.54 Å². The Morgan fingerprint density at radius 2 is 1.65 bits per heavy atom. The SMILES string of the molecule is CC(C)C(CNC(=O)CSCC(=O)O)C(C)C. The summed E-state index contributed by atoms with van der Waals surface area (Å²) in [6.07, 6.45) is 0. The molecule has 0 aromatic heterocycles. The van der Waals surface area contributed by atoms with Crippen LogP contribution in [0.4, 0.5) is 0 Å². The van der Waals surface area contributed by atoms with E-state index >= 15 is 0 Å². The lowest BCUT2D eigenvalue weighted by Crippen LogP contribution is -2.35. The average Bonchev–Trinajstić information content (AvgIpc) is 2.15. The molecule has 0 radical (unpaired) electrons. The minimum absolute atomic E-state index is 0.0226. The van der Waals surface area contributed by atoms with E-state index in [9.17, 15) is 9.59 Å². The molecular weight excluding hydrogens is 238 g/mol. The van der Waals surface area contributed by atoms with E-state index in [1.165, 1.54) is 0 Å². The Balaban J connectivity index is 3.85. The Morgan fingerprint density at radius 1 is 1.12 bits per heavy atom. The second kappa shape index (κ2) is 8.39. The highest BCUT2D eigenvalue weighted by atomic mass is 32.2. The third kappa shape index (κ3) is 8.07.